The Bertz CT molecular complexity index is 641. The molecule has 1 N–H and O–H groups in total. The molecular formula is C14H19BrFN3O2S. The van der Waals surface area contributed by atoms with E-state index in [4.69, 9.17) is 0 Å². The molecule has 22 heavy (non-hydrogen) atoms. The lowest BCUT2D eigenvalue weighted by molar-refractivity contribution is 0.145. The number of nitrogens with one attached hydrogen (secondary N) is 1. The summed E-state index contributed by atoms with van der Waals surface area (Å²) in [6.07, 6.45) is 1.12. The predicted octanol–water partition coefficient (Wildman–Crippen LogP) is 1.26. The fourth-order valence-corrected chi connectivity index (χ4v) is 4.73. The normalized spacial score (nSPS) is 24.7. The van der Waals surface area contributed by atoms with E-state index >= 15 is 0 Å². The quantitative estimate of drug-likeness (QED) is 0.842. The van der Waals surface area contributed by atoms with Crippen molar-refractivity contribution in [2.24, 2.45) is 0 Å². The van der Waals surface area contributed by atoms with Crippen molar-refractivity contribution in [3.63, 3.8) is 0 Å². The Morgan fingerprint density at radius 3 is 2.55 bits per heavy atom. The van der Waals surface area contributed by atoms with E-state index in [-0.39, 0.29) is 9.37 Å². The van der Waals surface area contributed by atoms with Crippen molar-refractivity contribution in [1.29, 1.82) is 0 Å². The van der Waals surface area contributed by atoms with Gasteiger partial charge in [0.2, 0.25) is 10.0 Å². The topological polar surface area (TPSA) is 52.7 Å². The zero-order valence-corrected chi connectivity index (χ0v) is 14.5. The third-order valence-corrected chi connectivity index (χ3v) is 6.89. The van der Waals surface area contributed by atoms with E-state index < -0.39 is 15.8 Å². The van der Waals surface area contributed by atoms with E-state index in [1.54, 1.807) is 0 Å². The number of halogens is 2. The Balaban J connectivity index is 1.70. The van der Waals surface area contributed by atoms with Crippen LogP contribution in [0.15, 0.2) is 27.6 Å². The first-order chi connectivity index (χ1) is 10.5. The molecule has 3 rings (SSSR count). The first kappa shape index (κ1) is 16.3. The van der Waals surface area contributed by atoms with Gasteiger partial charge in [-0.2, -0.15) is 4.31 Å². The number of hydrogen-bond donors (Lipinski definition) is 1. The van der Waals surface area contributed by atoms with Gasteiger partial charge >= 0.3 is 0 Å². The van der Waals surface area contributed by atoms with Crippen molar-refractivity contribution in [1.82, 2.24) is 14.5 Å². The molecule has 1 unspecified atom stereocenters. The molecule has 0 aromatic heterocycles. The Labute approximate surface area is 138 Å². The highest BCUT2D eigenvalue weighted by atomic mass is 79.9. The Morgan fingerprint density at radius 2 is 1.95 bits per heavy atom. The highest BCUT2D eigenvalue weighted by molar-refractivity contribution is 9.10. The minimum atomic E-state index is -3.62. The predicted molar refractivity (Wildman–Crippen MR) is 85.7 cm³/mol. The standard InChI is InChI=1S/C14H19BrFN3O2S/c15-13-2-1-12(9-14(13)16)22(20,21)19-7-5-18(6-8-19)11-3-4-17-10-11/h1-2,9,11,17H,3-8,10H2. The second-order valence-corrected chi connectivity index (χ2v) is 8.45. The van der Waals surface area contributed by atoms with Gasteiger partial charge in [-0.25, -0.2) is 12.8 Å². The van der Waals surface area contributed by atoms with Crippen molar-refractivity contribution in [3.8, 4) is 0 Å². The van der Waals surface area contributed by atoms with Gasteiger partial charge in [-0.05, 0) is 47.1 Å². The summed E-state index contributed by atoms with van der Waals surface area (Å²) in [4.78, 5) is 2.36. The zero-order valence-electron chi connectivity index (χ0n) is 12.1. The molecule has 2 fully saturated rings. The molecule has 2 saturated heterocycles. The van der Waals surface area contributed by atoms with Crippen LogP contribution in [0.3, 0.4) is 0 Å². The number of hydrogen-bond acceptors (Lipinski definition) is 4. The van der Waals surface area contributed by atoms with Gasteiger partial charge in [0, 0.05) is 38.8 Å². The lowest BCUT2D eigenvalue weighted by Gasteiger charge is -2.37. The van der Waals surface area contributed by atoms with E-state index in [2.05, 4.69) is 26.1 Å². The molecule has 2 heterocycles. The molecule has 1 atom stereocenters. The van der Waals surface area contributed by atoms with E-state index in [9.17, 15) is 12.8 Å². The summed E-state index contributed by atoms with van der Waals surface area (Å²) in [6, 6.07) is 4.46. The van der Waals surface area contributed by atoms with Crippen molar-refractivity contribution in [2.45, 2.75) is 17.4 Å². The van der Waals surface area contributed by atoms with Crippen LogP contribution >= 0.6 is 15.9 Å². The minimum absolute atomic E-state index is 0.0178. The zero-order chi connectivity index (χ0) is 15.7. The molecule has 0 amide bonds. The highest BCUT2D eigenvalue weighted by Gasteiger charge is 2.32. The number of benzene rings is 1. The largest absolute Gasteiger partial charge is 0.315 e. The molecular weight excluding hydrogens is 373 g/mol. The third kappa shape index (κ3) is 3.21. The Morgan fingerprint density at radius 1 is 1.23 bits per heavy atom. The van der Waals surface area contributed by atoms with Crippen molar-refractivity contribution in [3.05, 3.63) is 28.5 Å². The molecule has 2 aliphatic heterocycles. The maximum Gasteiger partial charge on any atom is 0.243 e. The highest BCUT2D eigenvalue weighted by Crippen LogP contribution is 2.23. The van der Waals surface area contributed by atoms with Gasteiger partial charge in [0.25, 0.3) is 0 Å². The fourth-order valence-electron chi connectivity index (χ4n) is 3.05. The van der Waals surface area contributed by atoms with E-state index in [0.717, 1.165) is 38.7 Å². The summed E-state index contributed by atoms with van der Waals surface area (Å²) in [5.74, 6) is -0.559. The molecule has 122 valence electrons. The summed E-state index contributed by atoms with van der Waals surface area (Å²) in [5, 5.41) is 3.33. The van der Waals surface area contributed by atoms with E-state index in [1.807, 2.05) is 0 Å². The van der Waals surface area contributed by atoms with Crippen LogP contribution in [0.4, 0.5) is 4.39 Å². The monoisotopic (exact) mass is 391 g/mol. The van der Waals surface area contributed by atoms with Crippen LogP contribution in [0.2, 0.25) is 0 Å². The van der Waals surface area contributed by atoms with Gasteiger partial charge in [0.1, 0.15) is 5.82 Å². The second kappa shape index (κ2) is 6.52. The summed E-state index contributed by atoms with van der Waals surface area (Å²) in [6.45, 7) is 4.37. The summed E-state index contributed by atoms with van der Waals surface area (Å²) in [5.41, 5.74) is 0. The lowest BCUT2D eigenvalue weighted by atomic mass is 10.2. The molecule has 1 aromatic rings. The Kier molecular flexibility index (Phi) is 4.84. The molecule has 0 radical (unpaired) electrons. The third-order valence-electron chi connectivity index (χ3n) is 4.35. The number of nitrogens with zero attached hydrogens (tertiary/aromatic N) is 2. The summed E-state index contributed by atoms with van der Waals surface area (Å²) < 4.78 is 40.5. The van der Waals surface area contributed by atoms with Gasteiger partial charge in [-0.15, -0.1) is 0 Å². The average molecular weight is 392 g/mol. The average Bonchev–Trinajstić information content (AvgIpc) is 3.04. The number of piperazine rings is 1. The fraction of sp³-hybridized carbons (Fsp3) is 0.571. The molecule has 1 aromatic carbocycles. The number of rotatable bonds is 3. The molecule has 0 bridgehead atoms. The maximum absolute atomic E-state index is 13.6. The first-order valence-corrected chi connectivity index (χ1v) is 9.62. The number of sulfonamides is 1. The SMILES string of the molecule is O=S(=O)(c1ccc(Br)c(F)c1)N1CCN(C2CCNC2)CC1. The summed E-state index contributed by atoms with van der Waals surface area (Å²) >= 11 is 3.04. The summed E-state index contributed by atoms with van der Waals surface area (Å²) in [7, 11) is -3.62. The maximum atomic E-state index is 13.6. The van der Waals surface area contributed by atoms with Gasteiger partial charge in [0.05, 0.1) is 9.37 Å². The van der Waals surface area contributed by atoms with Gasteiger partial charge < -0.3 is 5.32 Å². The van der Waals surface area contributed by atoms with Crippen LogP contribution in [-0.2, 0) is 10.0 Å². The van der Waals surface area contributed by atoms with E-state index in [0.29, 0.717) is 19.1 Å². The van der Waals surface area contributed by atoms with Crippen LogP contribution in [0, 0.1) is 5.82 Å². The van der Waals surface area contributed by atoms with Gasteiger partial charge in [-0.1, -0.05) is 0 Å². The Hall–Kier alpha value is -0.540. The molecule has 5 nitrogen and oxygen atoms in total. The minimum Gasteiger partial charge on any atom is -0.315 e. The molecule has 0 spiro atoms. The molecule has 2 aliphatic rings. The van der Waals surface area contributed by atoms with Crippen LogP contribution in [0.25, 0.3) is 0 Å². The van der Waals surface area contributed by atoms with Crippen LogP contribution in [0.1, 0.15) is 6.42 Å². The first-order valence-electron chi connectivity index (χ1n) is 7.38. The van der Waals surface area contributed by atoms with Crippen molar-refractivity contribution >= 4 is 26.0 Å². The van der Waals surface area contributed by atoms with Gasteiger partial charge in [-0.3, -0.25) is 4.90 Å². The van der Waals surface area contributed by atoms with Crippen LogP contribution in [-0.4, -0.2) is 62.9 Å². The second-order valence-electron chi connectivity index (χ2n) is 5.66. The van der Waals surface area contributed by atoms with E-state index in [1.165, 1.54) is 16.4 Å². The van der Waals surface area contributed by atoms with Crippen LogP contribution < -0.4 is 5.32 Å². The van der Waals surface area contributed by atoms with Gasteiger partial charge in [0.15, 0.2) is 0 Å². The molecule has 0 aliphatic carbocycles. The lowest BCUT2D eigenvalue weighted by Crippen LogP contribution is -2.52. The van der Waals surface area contributed by atoms with Crippen LogP contribution in [0.5, 0.6) is 0 Å². The molecule has 8 heteroatoms. The van der Waals surface area contributed by atoms with Crippen molar-refractivity contribution in [2.75, 3.05) is 39.3 Å². The molecule has 0 saturated carbocycles. The van der Waals surface area contributed by atoms with Crippen molar-refractivity contribution < 1.29 is 12.8 Å². The smallest absolute Gasteiger partial charge is 0.243 e.